The quantitative estimate of drug-likeness (QED) is 0.427. The summed E-state index contributed by atoms with van der Waals surface area (Å²) < 4.78 is 8.49. The Kier molecular flexibility index (Phi) is 4.46. The molecule has 0 aromatic rings. The molecule has 0 aliphatic heterocycles. The fourth-order valence-corrected chi connectivity index (χ4v) is 0.380. The fraction of sp³-hybridized carbons (Fsp3) is 0.571. The van der Waals surface area contributed by atoms with Gasteiger partial charge in [0, 0.05) is 0 Å². The Morgan fingerprint density at radius 3 is 2.50 bits per heavy atom. The first-order chi connectivity index (χ1) is 5.61. The number of carbonyl (C=O) groups is 2. The van der Waals surface area contributed by atoms with E-state index in [1.165, 1.54) is 0 Å². The smallest absolute Gasteiger partial charge is 0.417 e. The molecule has 12 heavy (non-hydrogen) atoms. The molecule has 0 fully saturated rings. The Balaban J connectivity index is 3.73. The zero-order valence-corrected chi connectivity index (χ0v) is 6.86. The summed E-state index contributed by atoms with van der Waals surface area (Å²) in [5, 5.41) is 8.29. The summed E-state index contributed by atoms with van der Waals surface area (Å²) in [6, 6.07) is 1.85. The van der Waals surface area contributed by atoms with Gasteiger partial charge in [-0.1, -0.05) is 0 Å². The fourth-order valence-electron chi connectivity index (χ4n) is 0.380. The molecule has 0 aromatic heterocycles. The van der Waals surface area contributed by atoms with E-state index >= 15 is 0 Å². The van der Waals surface area contributed by atoms with Crippen molar-refractivity contribution in [3.63, 3.8) is 0 Å². The number of ether oxygens (including phenoxy) is 2. The van der Waals surface area contributed by atoms with Crippen LogP contribution in [0, 0.1) is 17.2 Å². The van der Waals surface area contributed by atoms with Crippen LogP contribution < -0.4 is 0 Å². The van der Waals surface area contributed by atoms with E-state index in [1.807, 2.05) is 6.07 Å². The van der Waals surface area contributed by atoms with Gasteiger partial charge in [-0.15, -0.1) is 0 Å². The number of rotatable bonds is 2. The van der Waals surface area contributed by atoms with Crippen molar-refractivity contribution in [2.45, 2.75) is 6.92 Å². The van der Waals surface area contributed by atoms with E-state index in [2.05, 4.69) is 9.47 Å². The van der Waals surface area contributed by atoms with Gasteiger partial charge in [-0.2, -0.15) is 5.26 Å². The molecule has 0 aliphatic rings. The Hall–Kier alpha value is -1.57. The highest BCUT2D eigenvalue weighted by Crippen LogP contribution is 1.93. The van der Waals surface area contributed by atoms with Gasteiger partial charge in [0.25, 0.3) is 0 Å². The van der Waals surface area contributed by atoms with Gasteiger partial charge in [0.2, 0.25) is 0 Å². The highest BCUT2D eigenvalue weighted by Gasteiger charge is 2.16. The van der Waals surface area contributed by atoms with Crippen LogP contribution in [0.1, 0.15) is 6.92 Å². The van der Waals surface area contributed by atoms with Gasteiger partial charge in [-0.25, -0.2) is 9.59 Å². The molecule has 1 unspecified atom stereocenters. The van der Waals surface area contributed by atoms with Crippen molar-refractivity contribution in [3.05, 3.63) is 0 Å². The first-order valence-corrected chi connectivity index (χ1v) is 3.26. The van der Waals surface area contributed by atoms with Crippen molar-refractivity contribution >= 4 is 11.9 Å². The summed E-state index contributed by atoms with van der Waals surface area (Å²) in [6.07, 6.45) is 0. The number of hydrogen-bond acceptors (Lipinski definition) is 5. The second-order valence-corrected chi connectivity index (χ2v) is 2.12. The lowest BCUT2D eigenvalue weighted by molar-refractivity contribution is -0.166. The van der Waals surface area contributed by atoms with Crippen LogP contribution in [0.15, 0.2) is 0 Å². The lowest BCUT2D eigenvalue weighted by Gasteiger charge is -2.02. The molecule has 66 valence electrons. The van der Waals surface area contributed by atoms with Crippen molar-refractivity contribution in [1.29, 1.82) is 5.26 Å². The summed E-state index contributed by atoms with van der Waals surface area (Å²) in [6.45, 7) is 1.48. The third-order valence-corrected chi connectivity index (χ3v) is 1.04. The highest BCUT2D eigenvalue weighted by molar-refractivity contribution is 6.29. The van der Waals surface area contributed by atoms with E-state index in [9.17, 15) is 9.59 Å². The van der Waals surface area contributed by atoms with Gasteiger partial charge < -0.3 is 9.47 Å². The maximum absolute atomic E-state index is 10.6. The average molecular weight is 171 g/mol. The van der Waals surface area contributed by atoms with Crippen LogP contribution in [0.3, 0.4) is 0 Å². The van der Waals surface area contributed by atoms with Gasteiger partial charge in [-0.05, 0) is 6.92 Å². The molecule has 0 rings (SSSR count). The van der Waals surface area contributed by atoms with Gasteiger partial charge in [0.05, 0.1) is 19.1 Å². The topological polar surface area (TPSA) is 76.4 Å². The lowest BCUT2D eigenvalue weighted by Crippen LogP contribution is -2.21. The molecule has 0 radical (unpaired) electrons. The Morgan fingerprint density at radius 1 is 1.50 bits per heavy atom. The molecule has 0 saturated heterocycles. The van der Waals surface area contributed by atoms with Crippen molar-refractivity contribution in [2.75, 3.05) is 13.7 Å². The lowest BCUT2D eigenvalue weighted by atomic mass is 10.2. The first-order valence-electron chi connectivity index (χ1n) is 3.26. The Bertz CT molecular complexity index is 218. The number of carbonyl (C=O) groups excluding carboxylic acids is 2. The summed E-state index contributed by atoms with van der Waals surface area (Å²) >= 11 is 0. The minimum Gasteiger partial charge on any atom is -0.461 e. The second kappa shape index (κ2) is 5.13. The normalized spacial score (nSPS) is 11.1. The van der Waals surface area contributed by atoms with Gasteiger partial charge >= 0.3 is 11.9 Å². The molecular formula is C7H9NO4. The summed E-state index contributed by atoms with van der Waals surface area (Å²) in [4.78, 5) is 21.0. The molecule has 5 nitrogen and oxygen atoms in total. The minimum absolute atomic E-state index is 0.0928. The standard InChI is InChI=1S/C7H9NO4/c1-5(3-8)4-12-7(10)6(9)11-2/h5H,4H2,1-2H3. The molecule has 0 saturated carbocycles. The Labute approximate surface area is 69.9 Å². The number of methoxy groups -OCH3 is 1. The molecule has 0 N–H and O–H groups in total. The van der Waals surface area contributed by atoms with Crippen LogP contribution in [0.4, 0.5) is 0 Å². The van der Waals surface area contributed by atoms with Crippen LogP contribution in [-0.2, 0) is 19.1 Å². The van der Waals surface area contributed by atoms with E-state index in [0.717, 1.165) is 7.11 Å². The first kappa shape index (κ1) is 10.4. The predicted molar refractivity (Wildman–Crippen MR) is 37.8 cm³/mol. The van der Waals surface area contributed by atoms with E-state index in [4.69, 9.17) is 5.26 Å². The number of nitrogens with zero attached hydrogens (tertiary/aromatic N) is 1. The summed E-state index contributed by atoms with van der Waals surface area (Å²) in [7, 11) is 1.08. The molecule has 0 aliphatic carbocycles. The maximum Gasteiger partial charge on any atom is 0.417 e. The van der Waals surface area contributed by atoms with E-state index in [1.54, 1.807) is 6.92 Å². The van der Waals surface area contributed by atoms with E-state index < -0.39 is 17.9 Å². The van der Waals surface area contributed by atoms with Crippen LogP contribution in [0.2, 0.25) is 0 Å². The minimum atomic E-state index is -1.07. The number of esters is 2. The molecule has 0 bridgehead atoms. The van der Waals surface area contributed by atoms with Crippen molar-refractivity contribution < 1.29 is 19.1 Å². The Morgan fingerprint density at radius 2 is 2.08 bits per heavy atom. The summed E-state index contributed by atoms with van der Waals surface area (Å²) in [5.41, 5.74) is 0. The zero-order chi connectivity index (χ0) is 9.56. The highest BCUT2D eigenvalue weighted by atomic mass is 16.6. The molecule has 0 spiro atoms. The van der Waals surface area contributed by atoms with Gasteiger partial charge in [0.15, 0.2) is 0 Å². The van der Waals surface area contributed by atoms with Crippen molar-refractivity contribution in [3.8, 4) is 6.07 Å². The SMILES string of the molecule is COC(=O)C(=O)OCC(C)C#N. The molecule has 0 amide bonds. The van der Waals surface area contributed by atoms with Crippen LogP contribution in [-0.4, -0.2) is 25.7 Å². The largest absolute Gasteiger partial charge is 0.461 e. The molecule has 0 aromatic carbocycles. The van der Waals surface area contributed by atoms with Crippen LogP contribution >= 0.6 is 0 Å². The third-order valence-electron chi connectivity index (χ3n) is 1.04. The molecule has 5 heteroatoms. The van der Waals surface area contributed by atoms with Crippen molar-refractivity contribution in [2.24, 2.45) is 5.92 Å². The van der Waals surface area contributed by atoms with E-state index in [0.29, 0.717) is 0 Å². The summed E-state index contributed by atoms with van der Waals surface area (Å²) in [5.74, 6) is -2.54. The van der Waals surface area contributed by atoms with Crippen molar-refractivity contribution in [1.82, 2.24) is 0 Å². The second-order valence-electron chi connectivity index (χ2n) is 2.12. The zero-order valence-electron chi connectivity index (χ0n) is 6.86. The molecular weight excluding hydrogens is 162 g/mol. The monoisotopic (exact) mass is 171 g/mol. The van der Waals surface area contributed by atoms with Gasteiger partial charge in [0.1, 0.15) is 6.61 Å². The van der Waals surface area contributed by atoms with Gasteiger partial charge in [-0.3, -0.25) is 0 Å². The molecule has 0 heterocycles. The third kappa shape index (κ3) is 3.56. The van der Waals surface area contributed by atoms with Crippen LogP contribution in [0.5, 0.6) is 0 Å². The number of hydrogen-bond donors (Lipinski definition) is 0. The predicted octanol–water partition coefficient (Wildman–Crippen LogP) is -0.138. The van der Waals surface area contributed by atoms with E-state index in [-0.39, 0.29) is 6.61 Å². The molecule has 1 atom stereocenters. The van der Waals surface area contributed by atoms with Crippen LogP contribution in [0.25, 0.3) is 0 Å². The maximum atomic E-state index is 10.6. The average Bonchev–Trinajstić information content (AvgIpc) is 2.11. The number of nitriles is 1.